The molecule has 6 nitrogen and oxygen atoms in total. The molecule has 0 amide bonds. The van der Waals surface area contributed by atoms with E-state index in [9.17, 15) is 9.18 Å². The zero-order valence-electron chi connectivity index (χ0n) is 16.3. The number of thioether (sulfide) groups is 1. The van der Waals surface area contributed by atoms with Gasteiger partial charge >= 0.3 is 0 Å². The summed E-state index contributed by atoms with van der Waals surface area (Å²) in [4.78, 5) is 22.3. The minimum absolute atomic E-state index is 0.0542. The summed E-state index contributed by atoms with van der Waals surface area (Å²) in [5, 5.41) is 9.25. The van der Waals surface area contributed by atoms with E-state index in [2.05, 4.69) is 9.98 Å². The fourth-order valence-electron chi connectivity index (χ4n) is 3.71. The second-order valence-corrected chi connectivity index (χ2v) is 8.40. The van der Waals surface area contributed by atoms with E-state index >= 15 is 0 Å². The van der Waals surface area contributed by atoms with Crippen LogP contribution in [0.5, 0.6) is 0 Å². The van der Waals surface area contributed by atoms with Crippen molar-refractivity contribution in [1.82, 2.24) is 4.98 Å². The molecule has 3 heterocycles. The molecule has 1 aromatic heterocycles. The minimum Gasteiger partial charge on any atom is -0.378 e. The van der Waals surface area contributed by atoms with Gasteiger partial charge in [-0.25, -0.2) is 9.38 Å². The predicted octanol–water partition coefficient (Wildman–Crippen LogP) is 3.47. The molecule has 0 saturated carbocycles. The monoisotopic (exact) mass is 422 g/mol. The van der Waals surface area contributed by atoms with Crippen LogP contribution in [0.3, 0.4) is 0 Å². The molecule has 2 aliphatic rings. The third kappa shape index (κ3) is 3.74. The molecular weight excluding hydrogens is 403 g/mol. The van der Waals surface area contributed by atoms with Gasteiger partial charge in [0.05, 0.1) is 18.8 Å². The normalized spacial score (nSPS) is 20.9. The number of ketones is 1. The van der Waals surface area contributed by atoms with Crippen LogP contribution in [0.1, 0.15) is 40.5 Å². The van der Waals surface area contributed by atoms with Crippen molar-refractivity contribution in [1.29, 1.82) is 5.26 Å². The van der Waals surface area contributed by atoms with Gasteiger partial charge in [-0.15, -0.1) is 0 Å². The fraction of sp³-hybridized carbons (Fsp3) is 0.273. The molecule has 1 aromatic carbocycles. The number of carbonyl (C=O) groups is 1. The molecule has 2 aliphatic heterocycles. The fourth-order valence-corrected chi connectivity index (χ4v) is 4.76. The summed E-state index contributed by atoms with van der Waals surface area (Å²) >= 11 is 1.41. The van der Waals surface area contributed by atoms with Gasteiger partial charge in [-0.05, 0) is 47.2 Å². The average molecular weight is 422 g/mol. The van der Waals surface area contributed by atoms with Crippen molar-refractivity contribution >= 4 is 22.7 Å². The lowest BCUT2D eigenvalue weighted by Gasteiger charge is -2.37. The van der Waals surface area contributed by atoms with Gasteiger partial charge in [0, 0.05) is 24.6 Å². The van der Waals surface area contributed by atoms with E-state index in [-0.39, 0.29) is 17.9 Å². The van der Waals surface area contributed by atoms with E-state index in [1.54, 1.807) is 18.2 Å². The maximum Gasteiger partial charge on any atom is 0.185 e. The van der Waals surface area contributed by atoms with Gasteiger partial charge in [0.2, 0.25) is 0 Å². The lowest BCUT2D eigenvalue weighted by Crippen LogP contribution is -2.35. The number of ether oxygens (including phenoxy) is 1. The Balaban J connectivity index is 1.68. The number of nitrogens with zero attached hydrogens (tertiary/aromatic N) is 3. The highest BCUT2D eigenvalue weighted by Gasteiger charge is 2.40. The second-order valence-electron chi connectivity index (χ2n) is 7.29. The highest BCUT2D eigenvalue weighted by molar-refractivity contribution is 8.17. The Kier molecular flexibility index (Phi) is 5.41. The number of halogens is 1. The Morgan fingerprint density at radius 1 is 1.40 bits per heavy atom. The van der Waals surface area contributed by atoms with Crippen molar-refractivity contribution in [3.05, 3.63) is 75.2 Å². The third-order valence-corrected chi connectivity index (χ3v) is 6.30. The van der Waals surface area contributed by atoms with Crippen molar-refractivity contribution in [3.63, 3.8) is 0 Å². The zero-order valence-corrected chi connectivity index (χ0v) is 17.1. The van der Waals surface area contributed by atoms with Crippen LogP contribution in [0.15, 0.2) is 52.0 Å². The molecule has 8 heteroatoms. The number of hydrogen-bond acceptors (Lipinski definition) is 7. The van der Waals surface area contributed by atoms with Crippen LogP contribution in [0.4, 0.5) is 4.39 Å². The number of nitrogens with two attached hydrogens (primary N) is 1. The smallest absolute Gasteiger partial charge is 0.185 e. The lowest BCUT2D eigenvalue weighted by molar-refractivity contribution is 0.0988. The number of aliphatic imine (C=N–C) groups is 1. The van der Waals surface area contributed by atoms with Crippen molar-refractivity contribution in [3.8, 4) is 6.07 Å². The maximum absolute atomic E-state index is 14.9. The molecule has 2 aromatic rings. The third-order valence-electron chi connectivity index (χ3n) is 5.30. The van der Waals surface area contributed by atoms with Crippen molar-refractivity contribution < 1.29 is 13.9 Å². The van der Waals surface area contributed by atoms with E-state index in [1.165, 1.54) is 30.1 Å². The zero-order chi connectivity index (χ0) is 21.3. The summed E-state index contributed by atoms with van der Waals surface area (Å²) in [6, 6.07) is 9.64. The number of hydrogen-bond donors (Lipinski definition) is 1. The largest absolute Gasteiger partial charge is 0.378 e. The van der Waals surface area contributed by atoms with Gasteiger partial charge in [-0.3, -0.25) is 9.78 Å². The van der Waals surface area contributed by atoms with Gasteiger partial charge in [-0.2, -0.15) is 5.26 Å². The van der Waals surface area contributed by atoms with Crippen LogP contribution in [-0.4, -0.2) is 29.1 Å². The first-order valence-electron chi connectivity index (χ1n) is 9.42. The van der Waals surface area contributed by atoms with Crippen LogP contribution >= 0.6 is 11.8 Å². The highest BCUT2D eigenvalue weighted by atomic mass is 32.2. The summed E-state index contributed by atoms with van der Waals surface area (Å²) in [6.07, 6.45) is 2.13. The molecule has 30 heavy (non-hydrogen) atoms. The Morgan fingerprint density at radius 3 is 2.97 bits per heavy atom. The van der Waals surface area contributed by atoms with E-state index < -0.39 is 11.4 Å². The Morgan fingerprint density at radius 2 is 2.23 bits per heavy atom. The molecule has 1 atom stereocenters. The maximum atomic E-state index is 14.9. The van der Waals surface area contributed by atoms with Crippen LogP contribution in [0.2, 0.25) is 0 Å². The molecule has 152 valence electrons. The first kappa shape index (κ1) is 20.3. The van der Waals surface area contributed by atoms with Gasteiger partial charge < -0.3 is 10.5 Å². The van der Waals surface area contributed by atoms with Gasteiger partial charge in [0.15, 0.2) is 11.0 Å². The minimum atomic E-state index is -0.985. The lowest BCUT2D eigenvalue weighted by atomic mass is 9.82. The standard InChI is InChI=1S/C22H19FN4O2S/c1-22(16-12-29-7-6-20(16)30-21(25)27-22)15-8-13(2-4-17(15)23)9-19(28)18-5-3-14(10-24)11-26-18/h2-5,8,11H,6-7,9,12H2,1H3,(H2,25,27)/t22-/m1/s1. The molecule has 0 saturated heterocycles. The summed E-state index contributed by atoms with van der Waals surface area (Å²) < 4.78 is 20.5. The molecule has 0 unspecified atom stereocenters. The van der Waals surface area contributed by atoms with Crippen molar-refractivity contribution in [2.75, 3.05) is 13.2 Å². The average Bonchev–Trinajstić information content (AvgIpc) is 2.75. The first-order valence-corrected chi connectivity index (χ1v) is 10.2. The number of aromatic nitrogens is 1. The summed E-state index contributed by atoms with van der Waals surface area (Å²) in [5.74, 6) is -0.628. The van der Waals surface area contributed by atoms with Crippen LogP contribution in [0, 0.1) is 17.1 Å². The number of Topliss-reactive ketones (excluding diaryl/α,β-unsaturated/α-hetero) is 1. The second kappa shape index (κ2) is 8.01. The molecule has 0 aliphatic carbocycles. The SMILES string of the molecule is C[C@]1(c2cc(CC(=O)c3ccc(C#N)cn3)ccc2F)N=C(N)SC2=C1COCC2. The summed E-state index contributed by atoms with van der Waals surface area (Å²) in [6.45, 7) is 2.80. The van der Waals surface area contributed by atoms with Gasteiger partial charge in [-0.1, -0.05) is 17.8 Å². The van der Waals surface area contributed by atoms with Gasteiger partial charge in [0.25, 0.3) is 0 Å². The number of pyridine rings is 1. The summed E-state index contributed by atoms with van der Waals surface area (Å²) in [5.41, 5.74) is 7.63. The van der Waals surface area contributed by atoms with Crippen LogP contribution < -0.4 is 5.73 Å². The van der Waals surface area contributed by atoms with E-state index in [4.69, 9.17) is 15.7 Å². The number of benzene rings is 1. The molecular formula is C22H19FN4O2S. The Labute approximate surface area is 177 Å². The molecule has 0 bridgehead atoms. The van der Waals surface area contributed by atoms with Crippen LogP contribution in [-0.2, 0) is 16.7 Å². The molecule has 0 radical (unpaired) electrons. The Hall–Kier alpha value is -3.02. The quantitative estimate of drug-likeness (QED) is 0.757. The first-order chi connectivity index (χ1) is 14.4. The molecule has 2 N–H and O–H groups in total. The number of amidine groups is 1. The van der Waals surface area contributed by atoms with E-state index in [0.29, 0.717) is 35.1 Å². The van der Waals surface area contributed by atoms with E-state index in [1.807, 2.05) is 13.0 Å². The topological polar surface area (TPSA) is 101 Å². The predicted molar refractivity (Wildman–Crippen MR) is 112 cm³/mol. The number of carbonyl (C=O) groups excluding carboxylic acids is 1. The Bertz CT molecular complexity index is 1120. The van der Waals surface area contributed by atoms with Crippen molar-refractivity contribution in [2.24, 2.45) is 10.7 Å². The highest BCUT2D eigenvalue weighted by Crippen LogP contribution is 2.46. The van der Waals surface area contributed by atoms with Crippen LogP contribution in [0.25, 0.3) is 0 Å². The number of rotatable bonds is 4. The molecule has 0 fully saturated rings. The number of nitriles is 1. The van der Waals surface area contributed by atoms with Gasteiger partial charge in [0.1, 0.15) is 23.1 Å². The summed E-state index contributed by atoms with van der Waals surface area (Å²) in [7, 11) is 0. The molecule has 4 rings (SSSR count). The molecule has 0 spiro atoms. The van der Waals surface area contributed by atoms with E-state index in [0.717, 1.165) is 16.9 Å². The van der Waals surface area contributed by atoms with Crippen molar-refractivity contribution in [2.45, 2.75) is 25.3 Å².